The number of aliphatic carboxylic acids is 1. The van der Waals surface area contributed by atoms with Crippen molar-refractivity contribution in [3.63, 3.8) is 0 Å². The summed E-state index contributed by atoms with van der Waals surface area (Å²) in [5.41, 5.74) is 0.634. The highest BCUT2D eigenvalue weighted by Crippen LogP contribution is 2.19. The van der Waals surface area contributed by atoms with E-state index < -0.39 is 35.9 Å². The van der Waals surface area contributed by atoms with Gasteiger partial charge in [-0.1, -0.05) is 13.8 Å². The van der Waals surface area contributed by atoms with Crippen molar-refractivity contribution < 1.29 is 24.3 Å². The highest BCUT2D eigenvalue weighted by molar-refractivity contribution is 5.94. The molecule has 5 N–H and O–H groups in total. The third kappa shape index (κ3) is 5.64. The van der Waals surface area contributed by atoms with Crippen molar-refractivity contribution in [1.29, 1.82) is 0 Å². The molecule has 1 aromatic rings. The molecule has 4 unspecified atom stereocenters. The number of hydrogen-bond acceptors (Lipinski definition) is 6. The normalized spacial score (nSPS) is 22.5. The van der Waals surface area contributed by atoms with Crippen LogP contribution in [0.4, 0.5) is 0 Å². The number of likely N-dealkylation sites (tertiary alicyclic amines) is 1. The second-order valence-electron chi connectivity index (χ2n) is 8.75. The molecule has 2 aliphatic heterocycles. The van der Waals surface area contributed by atoms with Crippen LogP contribution in [-0.2, 0) is 25.6 Å². The lowest BCUT2D eigenvalue weighted by Crippen LogP contribution is -2.58. The molecule has 0 aliphatic carbocycles. The van der Waals surface area contributed by atoms with Gasteiger partial charge in [-0.25, -0.2) is 9.78 Å². The minimum absolute atomic E-state index is 0.135. The summed E-state index contributed by atoms with van der Waals surface area (Å²) < 4.78 is 0. The Hall–Kier alpha value is -2.95. The van der Waals surface area contributed by atoms with E-state index in [1.807, 2.05) is 13.8 Å². The number of H-pyrrole nitrogens is 1. The first-order valence-corrected chi connectivity index (χ1v) is 11.1. The quantitative estimate of drug-likeness (QED) is 0.338. The molecular weight excluding hydrogens is 416 g/mol. The summed E-state index contributed by atoms with van der Waals surface area (Å²) in [7, 11) is 0. The van der Waals surface area contributed by atoms with Crippen LogP contribution in [-0.4, -0.2) is 80.9 Å². The fraction of sp³-hybridized carbons (Fsp3) is 0.667. The molecule has 0 bridgehead atoms. The van der Waals surface area contributed by atoms with Crippen molar-refractivity contribution >= 4 is 23.7 Å². The number of nitrogens with one attached hydrogen (secondary N) is 4. The van der Waals surface area contributed by atoms with Gasteiger partial charge >= 0.3 is 5.97 Å². The number of aromatic nitrogens is 2. The number of carboxylic acids is 1. The minimum Gasteiger partial charge on any atom is -0.480 e. The van der Waals surface area contributed by atoms with Crippen molar-refractivity contribution in [3.05, 3.63) is 18.2 Å². The summed E-state index contributed by atoms with van der Waals surface area (Å²) in [4.78, 5) is 58.7. The number of carbonyl (C=O) groups is 4. The molecule has 0 saturated carbocycles. The van der Waals surface area contributed by atoms with Crippen LogP contribution >= 0.6 is 0 Å². The van der Waals surface area contributed by atoms with Crippen LogP contribution in [0.2, 0.25) is 0 Å². The molecule has 11 heteroatoms. The van der Waals surface area contributed by atoms with Gasteiger partial charge in [0.25, 0.3) is 0 Å². The summed E-state index contributed by atoms with van der Waals surface area (Å²) in [6, 6.07) is -3.04. The molecule has 11 nitrogen and oxygen atoms in total. The largest absolute Gasteiger partial charge is 0.480 e. The van der Waals surface area contributed by atoms with E-state index in [4.69, 9.17) is 0 Å². The van der Waals surface area contributed by atoms with Crippen molar-refractivity contribution in [1.82, 2.24) is 30.8 Å². The predicted molar refractivity (Wildman–Crippen MR) is 114 cm³/mol. The Morgan fingerprint density at radius 1 is 1.22 bits per heavy atom. The van der Waals surface area contributed by atoms with E-state index in [1.54, 1.807) is 6.20 Å². The maximum atomic E-state index is 13.3. The van der Waals surface area contributed by atoms with E-state index in [-0.39, 0.29) is 24.3 Å². The Morgan fingerprint density at radius 2 is 2.00 bits per heavy atom. The second-order valence-corrected chi connectivity index (χ2v) is 8.75. The monoisotopic (exact) mass is 448 g/mol. The fourth-order valence-electron chi connectivity index (χ4n) is 4.26. The van der Waals surface area contributed by atoms with Crippen LogP contribution in [0.3, 0.4) is 0 Å². The first-order chi connectivity index (χ1) is 15.3. The Morgan fingerprint density at radius 3 is 2.59 bits per heavy atom. The van der Waals surface area contributed by atoms with Crippen LogP contribution in [0.25, 0.3) is 0 Å². The van der Waals surface area contributed by atoms with E-state index >= 15 is 0 Å². The van der Waals surface area contributed by atoms with E-state index in [0.29, 0.717) is 31.5 Å². The molecule has 1 aromatic heterocycles. The second kappa shape index (κ2) is 10.6. The zero-order valence-electron chi connectivity index (χ0n) is 18.5. The number of carboxylic acid groups (broad SMARTS) is 1. The number of carbonyl (C=O) groups excluding carboxylic acids is 3. The van der Waals surface area contributed by atoms with E-state index in [2.05, 4.69) is 25.9 Å². The van der Waals surface area contributed by atoms with E-state index in [1.165, 1.54) is 11.2 Å². The van der Waals surface area contributed by atoms with Gasteiger partial charge in [-0.2, -0.15) is 0 Å². The van der Waals surface area contributed by atoms with Gasteiger partial charge in [-0.15, -0.1) is 0 Å². The van der Waals surface area contributed by atoms with E-state index in [9.17, 15) is 24.3 Å². The number of rotatable bonds is 9. The average molecular weight is 449 g/mol. The van der Waals surface area contributed by atoms with Gasteiger partial charge in [0.2, 0.25) is 17.7 Å². The van der Waals surface area contributed by atoms with Crippen LogP contribution < -0.4 is 16.0 Å². The van der Waals surface area contributed by atoms with Crippen molar-refractivity contribution in [2.24, 2.45) is 5.92 Å². The third-order valence-electron chi connectivity index (χ3n) is 6.04. The number of aromatic amines is 1. The van der Waals surface area contributed by atoms with Gasteiger partial charge in [0.1, 0.15) is 18.1 Å². The Bertz CT molecular complexity index is 821. The zero-order valence-corrected chi connectivity index (χ0v) is 18.5. The van der Waals surface area contributed by atoms with Crippen molar-refractivity contribution in [2.75, 3.05) is 13.1 Å². The third-order valence-corrected chi connectivity index (χ3v) is 6.04. The molecule has 2 aliphatic rings. The SMILES string of the molecule is CC(C)C(NC(=O)C1CCCN1)C(=O)NC(Cc1cnc[nH]1)C(=O)N1CCCC1C(=O)O. The van der Waals surface area contributed by atoms with Gasteiger partial charge in [-0.3, -0.25) is 14.4 Å². The lowest BCUT2D eigenvalue weighted by molar-refractivity contribution is -0.149. The van der Waals surface area contributed by atoms with Crippen LogP contribution in [0, 0.1) is 5.92 Å². The molecule has 3 amide bonds. The summed E-state index contributed by atoms with van der Waals surface area (Å²) >= 11 is 0. The molecule has 32 heavy (non-hydrogen) atoms. The first-order valence-electron chi connectivity index (χ1n) is 11.1. The minimum atomic E-state index is -1.06. The number of hydrogen-bond donors (Lipinski definition) is 5. The maximum Gasteiger partial charge on any atom is 0.326 e. The lowest BCUT2D eigenvalue weighted by Gasteiger charge is -2.29. The molecule has 3 rings (SSSR count). The zero-order chi connectivity index (χ0) is 23.3. The lowest BCUT2D eigenvalue weighted by atomic mass is 10.0. The fourth-order valence-corrected chi connectivity index (χ4v) is 4.26. The number of imidazole rings is 1. The molecule has 3 heterocycles. The Balaban J connectivity index is 1.74. The summed E-state index contributed by atoms with van der Waals surface area (Å²) in [6.45, 7) is 4.72. The molecule has 2 fully saturated rings. The highest BCUT2D eigenvalue weighted by atomic mass is 16.4. The van der Waals surface area contributed by atoms with Crippen LogP contribution in [0.15, 0.2) is 12.5 Å². The molecule has 4 atom stereocenters. The molecule has 0 aromatic carbocycles. The summed E-state index contributed by atoms with van der Waals surface area (Å²) in [5, 5.41) is 18.1. The number of nitrogens with zero attached hydrogens (tertiary/aromatic N) is 2. The summed E-state index contributed by atoms with van der Waals surface area (Å²) in [5.74, 6) is -2.43. The standard InChI is InChI=1S/C21H32N6O5/c1-12(2)17(26-18(28)14-5-3-7-23-14)19(29)25-15(9-13-10-22-11-24-13)20(30)27-8-4-6-16(27)21(31)32/h10-12,14-17,23H,3-9H2,1-2H3,(H,22,24)(H,25,29)(H,26,28)(H,31,32). The molecular formula is C21H32N6O5. The highest BCUT2D eigenvalue weighted by Gasteiger charge is 2.39. The molecule has 2 saturated heterocycles. The molecule has 176 valence electrons. The van der Waals surface area contributed by atoms with Gasteiger partial charge in [0.05, 0.1) is 12.4 Å². The Labute approximate surface area is 186 Å². The average Bonchev–Trinajstić information content (AvgIpc) is 3.52. The topological polar surface area (TPSA) is 157 Å². The summed E-state index contributed by atoms with van der Waals surface area (Å²) in [6.07, 6.45) is 5.75. The molecule has 0 radical (unpaired) electrons. The first kappa shape index (κ1) is 23.7. The van der Waals surface area contributed by atoms with Gasteiger partial charge in [0, 0.05) is 24.9 Å². The number of amides is 3. The van der Waals surface area contributed by atoms with Crippen molar-refractivity contribution in [2.45, 2.75) is 70.1 Å². The predicted octanol–water partition coefficient (Wildman–Crippen LogP) is -0.595. The van der Waals surface area contributed by atoms with Crippen molar-refractivity contribution in [3.8, 4) is 0 Å². The van der Waals surface area contributed by atoms with E-state index in [0.717, 1.165) is 13.0 Å². The van der Waals surface area contributed by atoms with Crippen LogP contribution in [0.1, 0.15) is 45.2 Å². The van der Waals surface area contributed by atoms with Crippen LogP contribution in [0.5, 0.6) is 0 Å². The smallest absolute Gasteiger partial charge is 0.326 e. The maximum absolute atomic E-state index is 13.3. The van der Waals surface area contributed by atoms with Gasteiger partial charge < -0.3 is 30.9 Å². The molecule has 0 spiro atoms. The Kier molecular flexibility index (Phi) is 7.84. The van der Waals surface area contributed by atoms with Gasteiger partial charge in [0.15, 0.2) is 0 Å². The van der Waals surface area contributed by atoms with Gasteiger partial charge in [-0.05, 0) is 38.1 Å².